The molecule has 2 heterocycles. The van der Waals surface area contributed by atoms with Gasteiger partial charge in [0.15, 0.2) is 11.5 Å². The van der Waals surface area contributed by atoms with E-state index in [9.17, 15) is 9.59 Å². The minimum absolute atomic E-state index is 0.0777. The van der Waals surface area contributed by atoms with Crippen LogP contribution in [0.5, 0.6) is 11.5 Å². The van der Waals surface area contributed by atoms with E-state index in [2.05, 4.69) is 11.2 Å². The number of rotatable bonds is 5. The number of carbonyl (C=O) groups excluding carboxylic acids is 2. The van der Waals surface area contributed by atoms with Crippen molar-refractivity contribution in [2.24, 2.45) is 0 Å². The molecule has 0 saturated carbocycles. The zero-order chi connectivity index (χ0) is 20.4. The van der Waals surface area contributed by atoms with Crippen LogP contribution in [0.3, 0.4) is 0 Å². The Morgan fingerprint density at radius 3 is 2.83 bits per heavy atom. The minimum atomic E-state index is -0.579. The number of hydrogen-bond acceptors (Lipinski definition) is 4. The molecule has 0 saturated heterocycles. The Hall–Kier alpha value is -3.46. The third-order valence-corrected chi connectivity index (χ3v) is 5.29. The highest BCUT2D eigenvalue weighted by molar-refractivity contribution is 6.01. The van der Waals surface area contributed by atoms with Crippen molar-refractivity contribution in [1.29, 1.82) is 0 Å². The van der Waals surface area contributed by atoms with Crippen molar-refractivity contribution in [3.8, 4) is 23.8 Å². The molecule has 0 aromatic heterocycles. The van der Waals surface area contributed by atoms with E-state index in [0.717, 1.165) is 12.0 Å². The summed E-state index contributed by atoms with van der Waals surface area (Å²) in [6.07, 6.45) is 6.12. The molecular formula is C23H22N2O4. The number of terminal acetylenes is 1. The Balaban J connectivity index is 1.86. The molecular weight excluding hydrogens is 368 g/mol. The van der Waals surface area contributed by atoms with E-state index in [-0.39, 0.29) is 25.2 Å². The van der Waals surface area contributed by atoms with Gasteiger partial charge in [-0.15, -0.1) is 6.42 Å². The second kappa shape index (κ2) is 7.88. The number of hydrogen-bond donors (Lipinski definition) is 1. The first kappa shape index (κ1) is 18.9. The molecule has 2 aliphatic heterocycles. The number of ether oxygens (including phenoxy) is 2. The molecule has 1 N–H and O–H groups in total. The van der Waals surface area contributed by atoms with E-state index < -0.39 is 12.0 Å². The molecule has 0 spiro atoms. The predicted octanol–water partition coefficient (Wildman–Crippen LogP) is 2.86. The van der Waals surface area contributed by atoms with Crippen molar-refractivity contribution < 1.29 is 19.1 Å². The number of benzene rings is 2. The average molecular weight is 390 g/mol. The molecule has 2 atom stereocenters. The number of nitrogens with one attached hydrogen (secondary N) is 1. The zero-order valence-corrected chi connectivity index (χ0v) is 16.2. The van der Waals surface area contributed by atoms with Crippen molar-refractivity contribution in [1.82, 2.24) is 10.2 Å². The van der Waals surface area contributed by atoms with Gasteiger partial charge in [0, 0.05) is 12.1 Å². The SMILES string of the molecule is C#CCNC(=O)[C@@H]1c2ccccc2C(=O)N(CCC)[C@H]1c1ccc2c(c1)OCO2. The lowest BCUT2D eigenvalue weighted by Crippen LogP contribution is -2.47. The Labute approximate surface area is 169 Å². The molecule has 2 aromatic carbocycles. The molecule has 2 amide bonds. The summed E-state index contributed by atoms with van der Waals surface area (Å²) in [5.41, 5.74) is 2.09. The van der Waals surface area contributed by atoms with Gasteiger partial charge in [-0.3, -0.25) is 9.59 Å². The molecule has 2 aromatic rings. The molecule has 0 unspecified atom stereocenters. The average Bonchev–Trinajstić information content (AvgIpc) is 3.21. The second-order valence-corrected chi connectivity index (χ2v) is 7.04. The molecule has 0 fully saturated rings. The van der Waals surface area contributed by atoms with E-state index in [1.165, 1.54) is 0 Å². The standard InChI is InChI=1S/C23H22N2O4/c1-3-11-24-22(26)20-16-7-5-6-8-17(16)23(27)25(12-4-2)21(20)15-9-10-18-19(13-15)29-14-28-18/h1,5-10,13,20-21H,4,11-12,14H2,2H3,(H,24,26)/t20-,21+/m1/s1. The van der Waals surface area contributed by atoms with Crippen LogP contribution in [-0.4, -0.2) is 36.6 Å². The maximum absolute atomic E-state index is 13.3. The van der Waals surface area contributed by atoms with Crippen LogP contribution in [0.2, 0.25) is 0 Å². The van der Waals surface area contributed by atoms with Crippen LogP contribution in [0.4, 0.5) is 0 Å². The monoisotopic (exact) mass is 390 g/mol. The van der Waals surface area contributed by atoms with Gasteiger partial charge in [0.1, 0.15) is 0 Å². The fraction of sp³-hybridized carbons (Fsp3) is 0.304. The van der Waals surface area contributed by atoms with E-state index in [1.54, 1.807) is 11.0 Å². The smallest absolute Gasteiger partial charge is 0.254 e. The number of fused-ring (bicyclic) bond motifs is 2. The highest BCUT2D eigenvalue weighted by Gasteiger charge is 2.44. The molecule has 0 aliphatic carbocycles. The van der Waals surface area contributed by atoms with Crippen molar-refractivity contribution >= 4 is 11.8 Å². The van der Waals surface area contributed by atoms with E-state index in [0.29, 0.717) is 29.2 Å². The lowest BCUT2D eigenvalue weighted by molar-refractivity contribution is -0.124. The van der Waals surface area contributed by atoms with Crippen molar-refractivity contribution in [3.05, 3.63) is 59.2 Å². The predicted molar refractivity (Wildman–Crippen MR) is 108 cm³/mol. The van der Waals surface area contributed by atoms with Gasteiger partial charge < -0.3 is 19.7 Å². The first-order valence-corrected chi connectivity index (χ1v) is 9.66. The van der Waals surface area contributed by atoms with Gasteiger partial charge in [-0.2, -0.15) is 0 Å². The van der Waals surface area contributed by atoms with Gasteiger partial charge in [0.05, 0.1) is 18.5 Å². The second-order valence-electron chi connectivity index (χ2n) is 7.04. The molecule has 0 bridgehead atoms. The lowest BCUT2D eigenvalue weighted by atomic mass is 9.79. The largest absolute Gasteiger partial charge is 0.454 e. The van der Waals surface area contributed by atoms with Crippen LogP contribution >= 0.6 is 0 Å². The summed E-state index contributed by atoms with van der Waals surface area (Å²) in [6, 6.07) is 12.4. The van der Waals surface area contributed by atoms with Gasteiger partial charge in [-0.25, -0.2) is 0 Å². The first-order chi connectivity index (χ1) is 14.2. The van der Waals surface area contributed by atoms with Crippen LogP contribution in [0.25, 0.3) is 0 Å². The zero-order valence-electron chi connectivity index (χ0n) is 16.2. The van der Waals surface area contributed by atoms with Crippen molar-refractivity contribution in [2.75, 3.05) is 19.9 Å². The first-order valence-electron chi connectivity index (χ1n) is 9.66. The summed E-state index contributed by atoms with van der Waals surface area (Å²) < 4.78 is 10.9. The summed E-state index contributed by atoms with van der Waals surface area (Å²) in [4.78, 5) is 28.3. The summed E-state index contributed by atoms with van der Waals surface area (Å²) in [5.74, 6) is 2.86. The molecule has 4 rings (SSSR count). The highest BCUT2D eigenvalue weighted by Crippen LogP contribution is 2.45. The Morgan fingerprint density at radius 2 is 2.03 bits per heavy atom. The molecule has 6 nitrogen and oxygen atoms in total. The molecule has 6 heteroatoms. The molecule has 29 heavy (non-hydrogen) atoms. The van der Waals surface area contributed by atoms with Crippen LogP contribution < -0.4 is 14.8 Å². The quantitative estimate of drug-likeness (QED) is 0.798. The molecule has 0 radical (unpaired) electrons. The van der Waals surface area contributed by atoms with Gasteiger partial charge in [-0.05, 0) is 35.7 Å². The summed E-state index contributed by atoms with van der Waals surface area (Å²) in [5, 5.41) is 2.80. The summed E-state index contributed by atoms with van der Waals surface area (Å²) in [7, 11) is 0. The fourth-order valence-corrected chi connectivity index (χ4v) is 4.08. The van der Waals surface area contributed by atoms with Crippen LogP contribution in [-0.2, 0) is 4.79 Å². The van der Waals surface area contributed by atoms with Crippen molar-refractivity contribution in [3.63, 3.8) is 0 Å². The third-order valence-electron chi connectivity index (χ3n) is 5.29. The summed E-state index contributed by atoms with van der Waals surface area (Å²) in [6.45, 7) is 2.84. The fourth-order valence-electron chi connectivity index (χ4n) is 4.08. The number of amides is 2. The van der Waals surface area contributed by atoms with Gasteiger partial charge >= 0.3 is 0 Å². The topological polar surface area (TPSA) is 67.9 Å². The molecule has 148 valence electrons. The van der Waals surface area contributed by atoms with Crippen LogP contribution in [0.15, 0.2) is 42.5 Å². The van der Waals surface area contributed by atoms with Crippen LogP contribution in [0, 0.1) is 12.3 Å². The van der Waals surface area contributed by atoms with Crippen LogP contribution in [0.1, 0.15) is 46.8 Å². The van der Waals surface area contributed by atoms with E-state index in [1.807, 2.05) is 43.3 Å². The summed E-state index contributed by atoms with van der Waals surface area (Å²) >= 11 is 0. The van der Waals surface area contributed by atoms with Gasteiger partial charge in [0.2, 0.25) is 12.7 Å². The molecule has 2 aliphatic rings. The third kappa shape index (κ3) is 3.29. The maximum Gasteiger partial charge on any atom is 0.254 e. The van der Waals surface area contributed by atoms with Gasteiger partial charge in [-0.1, -0.05) is 37.1 Å². The number of nitrogens with zero attached hydrogens (tertiary/aromatic N) is 1. The highest BCUT2D eigenvalue weighted by atomic mass is 16.7. The Bertz CT molecular complexity index is 995. The lowest BCUT2D eigenvalue weighted by Gasteiger charge is -2.41. The van der Waals surface area contributed by atoms with Crippen molar-refractivity contribution in [2.45, 2.75) is 25.3 Å². The number of carbonyl (C=O) groups is 2. The Morgan fingerprint density at radius 1 is 1.24 bits per heavy atom. The van der Waals surface area contributed by atoms with Gasteiger partial charge in [0.25, 0.3) is 5.91 Å². The normalized spacial score (nSPS) is 19.4. The Kier molecular flexibility index (Phi) is 5.13. The van der Waals surface area contributed by atoms with E-state index >= 15 is 0 Å². The van der Waals surface area contributed by atoms with E-state index in [4.69, 9.17) is 15.9 Å². The maximum atomic E-state index is 13.3. The minimum Gasteiger partial charge on any atom is -0.454 e.